The van der Waals surface area contributed by atoms with Crippen LogP contribution >= 0.6 is 0 Å². The predicted molar refractivity (Wildman–Crippen MR) is 79.4 cm³/mol. The molecule has 1 atom stereocenters. The summed E-state index contributed by atoms with van der Waals surface area (Å²) in [5.41, 5.74) is 0. The van der Waals surface area contributed by atoms with Crippen molar-refractivity contribution in [3.63, 3.8) is 0 Å². The van der Waals surface area contributed by atoms with Gasteiger partial charge in [-0.2, -0.15) is 0 Å². The van der Waals surface area contributed by atoms with Gasteiger partial charge in [-0.05, 0) is 12.8 Å². The van der Waals surface area contributed by atoms with E-state index < -0.39 is 0 Å². The molecule has 1 fully saturated rings. The highest BCUT2D eigenvalue weighted by molar-refractivity contribution is 5.83. The molecule has 2 amide bonds. The first-order valence-corrected chi connectivity index (χ1v) is 7.44. The molecule has 0 spiro atoms. The monoisotopic (exact) mass is 284 g/mol. The summed E-state index contributed by atoms with van der Waals surface area (Å²) in [7, 11) is 3.50. The van der Waals surface area contributed by atoms with Gasteiger partial charge < -0.3 is 15.5 Å². The van der Waals surface area contributed by atoms with Crippen molar-refractivity contribution in [2.24, 2.45) is 0 Å². The summed E-state index contributed by atoms with van der Waals surface area (Å²) >= 11 is 0. The number of carbonyl (C=O) groups excluding carboxylic acids is 2. The molecule has 1 aliphatic rings. The Kier molecular flexibility index (Phi) is 6.95. The van der Waals surface area contributed by atoms with E-state index in [1.165, 1.54) is 0 Å². The van der Waals surface area contributed by atoms with Gasteiger partial charge in [0.2, 0.25) is 11.8 Å². The molecule has 1 rings (SSSR count). The Balaban J connectivity index is 2.58. The first kappa shape index (κ1) is 16.9. The fraction of sp³-hybridized carbons (Fsp3) is 0.857. The standard InChI is InChI=1S/C14H28N4O2/c1-5-11(6-2)16-13(19)10-18-8-7-15-9-12(18)14(20)17(3)4/h11-12,15H,5-10H2,1-4H3,(H,16,19). The molecule has 0 aromatic rings. The van der Waals surface area contributed by atoms with Gasteiger partial charge in [0, 0.05) is 39.8 Å². The van der Waals surface area contributed by atoms with Crippen LogP contribution in [0.1, 0.15) is 26.7 Å². The third-order valence-corrected chi connectivity index (χ3v) is 3.78. The third-order valence-electron chi connectivity index (χ3n) is 3.78. The van der Waals surface area contributed by atoms with E-state index in [-0.39, 0.29) is 23.9 Å². The zero-order chi connectivity index (χ0) is 15.1. The van der Waals surface area contributed by atoms with Crippen molar-refractivity contribution in [2.45, 2.75) is 38.8 Å². The van der Waals surface area contributed by atoms with Crippen molar-refractivity contribution >= 4 is 11.8 Å². The Morgan fingerprint density at radius 3 is 2.55 bits per heavy atom. The molecule has 0 saturated carbocycles. The normalized spacial score (nSPS) is 19.9. The zero-order valence-electron chi connectivity index (χ0n) is 13.1. The number of likely N-dealkylation sites (N-methyl/N-ethyl adjacent to an activating group) is 1. The maximum absolute atomic E-state index is 12.1. The lowest BCUT2D eigenvalue weighted by atomic mass is 10.1. The first-order chi connectivity index (χ1) is 9.49. The van der Waals surface area contributed by atoms with Gasteiger partial charge in [0.25, 0.3) is 0 Å². The molecule has 116 valence electrons. The SMILES string of the molecule is CCC(CC)NC(=O)CN1CCNCC1C(=O)N(C)C. The molecule has 1 unspecified atom stereocenters. The highest BCUT2D eigenvalue weighted by Crippen LogP contribution is 2.06. The van der Waals surface area contributed by atoms with E-state index in [4.69, 9.17) is 0 Å². The lowest BCUT2D eigenvalue weighted by molar-refractivity contribution is -0.136. The highest BCUT2D eigenvalue weighted by Gasteiger charge is 2.30. The molecule has 0 bridgehead atoms. The molecule has 2 N–H and O–H groups in total. The van der Waals surface area contributed by atoms with E-state index in [0.717, 1.165) is 25.9 Å². The van der Waals surface area contributed by atoms with Crippen LogP contribution in [0, 0.1) is 0 Å². The molecule has 0 aliphatic carbocycles. The smallest absolute Gasteiger partial charge is 0.240 e. The van der Waals surface area contributed by atoms with Crippen LogP contribution in [-0.4, -0.2) is 74.0 Å². The van der Waals surface area contributed by atoms with Gasteiger partial charge in [0.1, 0.15) is 6.04 Å². The number of rotatable bonds is 6. The van der Waals surface area contributed by atoms with Crippen LogP contribution in [0.4, 0.5) is 0 Å². The van der Waals surface area contributed by atoms with E-state index >= 15 is 0 Å². The van der Waals surface area contributed by atoms with E-state index in [1.54, 1.807) is 19.0 Å². The molecular formula is C14H28N4O2. The Morgan fingerprint density at radius 1 is 1.35 bits per heavy atom. The number of carbonyl (C=O) groups is 2. The molecule has 20 heavy (non-hydrogen) atoms. The van der Waals surface area contributed by atoms with Crippen LogP contribution in [0.2, 0.25) is 0 Å². The summed E-state index contributed by atoms with van der Waals surface area (Å²) in [5, 5.41) is 6.24. The van der Waals surface area contributed by atoms with Gasteiger partial charge in [-0.15, -0.1) is 0 Å². The van der Waals surface area contributed by atoms with Crippen molar-refractivity contribution in [1.29, 1.82) is 0 Å². The lowest BCUT2D eigenvalue weighted by Gasteiger charge is -2.36. The topological polar surface area (TPSA) is 64.7 Å². The Labute approximate surface area is 121 Å². The summed E-state index contributed by atoms with van der Waals surface area (Å²) in [5.74, 6) is 0.0599. The van der Waals surface area contributed by atoms with Crippen molar-refractivity contribution in [3.8, 4) is 0 Å². The largest absolute Gasteiger partial charge is 0.352 e. The van der Waals surface area contributed by atoms with Crippen LogP contribution < -0.4 is 10.6 Å². The molecule has 1 heterocycles. The van der Waals surface area contributed by atoms with Gasteiger partial charge in [0.05, 0.1) is 6.54 Å². The van der Waals surface area contributed by atoms with Gasteiger partial charge in [0.15, 0.2) is 0 Å². The number of hydrogen-bond acceptors (Lipinski definition) is 4. The predicted octanol–water partition coefficient (Wildman–Crippen LogP) is -0.347. The van der Waals surface area contributed by atoms with Crippen LogP contribution in [-0.2, 0) is 9.59 Å². The Hall–Kier alpha value is -1.14. The molecule has 0 radical (unpaired) electrons. The minimum atomic E-state index is -0.244. The summed E-state index contributed by atoms with van der Waals surface area (Å²) < 4.78 is 0. The van der Waals surface area contributed by atoms with Crippen molar-refractivity contribution in [2.75, 3.05) is 40.3 Å². The minimum absolute atomic E-state index is 0.0113. The number of hydrogen-bond donors (Lipinski definition) is 2. The Bertz CT molecular complexity index is 329. The second kappa shape index (κ2) is 8.21. The second-order valence-electron chi connectivity index (χ2n) is 5.50. The van der Waals surface area contributed by atoms with E-state index in [2.05, 4.69) is 24.5 Å². The summed E-state index contributed by atoms with van der Waals surface area (Å²) in [4.78, 5) is 27.8. The van der Waals surface area contributed by atoms with Crippen LogP contribution in [0.15, 0.2) is 0 Å². The van der Waals surface area contributed by atoms with E-state index in [0.29, 0.717) is 13.1 Å². The van der Waals surface area contributed by atoms with Crippen LogP contribution in [0.25, 0.3) is 0 Å². The van der Waals surface area contributed by atoms with Crippen LogP contribution in [0.3, 0.4) is 0 Å². The molecule has 1 aliphatic heterocycles. The summed E-state index contributed by atoms with van der Waals surface area (Å²) in [6, 6.07) is -0.0142. The second-order valence-corrected chi connectivity index (χ2v) is 5.50. The maximum atomic E-state index is 12.1. The number of amides is 2. The van der Waals surface area contributed by atoms with Gasteiger partial charge >= 0.3 is 0 Å². The fourth-order valence-electron chi connectivity index (χ4n) is 2.43. The molecular weight excluding hydrogens is 256 g/mol. The Morgan fingerprint density at radius 2 is 2.00 bits per heavy atom. The minimum Gasteiger partial charge on any atom is -0.352 e. The average Bonchev–Trinajstić information content (AvgIpc) is 2.44. The lowest BCUT2D eigenvalue weighted by Crippen LogP contribution is -2.59. The molecule has 0 aromatic heterocycles. The number of nitrogens with zero attached hydrogens (tertiary/aromatic N) is 2. The molecule has 6 nitrogen and oxygen atoms in total. The first-order valence-electron chi connectivity index (χ1n) is 7.44. The fourth-order valence-corrected chi connectivity index (χ4v) is 2.43. The average molecular weight is 284 g/mol. The van der Waals surface area contributed by atoms with E-state index in [9.17, 15) is 9.59 Å². The van der Waals surface area contributed by atoms with Gasteiger partial charge in [-0.1, -0.05) is 13.8 Å². The van der Waals surface area contributed by atoms with Crippen molar-refractivity contribution in [3.05, 3.63) is 0 Å². The molecule has 1 saturated heterocycles. The third kappa shape index (κ3) is 4.76. The zero-order valence-corrected chi connectivity index (χ0v) is 13.1. The van der Waals surface area contributed by atoms with E-state index in [1.807, 2.05) is 4.90 Å². The maximum Gasteiger partial charge on any atom is 0.240 e. The van der Waals surface area contributed by atoms with Crippen LogP contribution in [0.5, 0.6) is 0 Å². The quantitative estimate of drug-likeness (QED) is 0.700. The molecule has 0 aromatic carbocycles. The number of piperazine rings is 1. The van der Waals surface area contributed by atoms with Gasteiger partial charge in [-0.25, -0.2) is 0 Å². The van der Waals surface area contributed by atoms with Crippen molar-refractivity contribution < 1.29 is 9.59 Å². The van der Waals surface area contributed by atoms with Crippen molar-refractivity contribution in [1.82, 2.24) is 20.4 Å². The highest BCUT2D eigenvalue weighted by atomic mass is 16.2. The van der Waals surface area contributed by atoms with Gasteiger partial charge in [-0.3, -0.25) is 14.5 Å². The summed E-state index contributed by atoms with van der Waals surface area (Å²) in [6.07, 6.45) is 1.87. The molecule has 6 heteroatoms. The number of nitrogens with one attached hydrogen (secondary N) is 2. The summed E-state index contributed by atoms with van der Waals surface area (Å²) in [6.45, 7) is 6.57.